The normalized spacial score (nSPS) is 14.6. The van der Waals surface area contributed by atoms with Crippen LogP contribution in [-0.4, -0.2) is 39.1 Å². The lowest BCUT2D eigenvalue weighted by Crippen LogP contribution is -2.38. The smallest absolute Gasteiger partial charge is 0.421 e. The molecule has 0 spiro atoms. The summed E-state index contributed by atoms with van der Waals surface area (Å²) in [6.45, 7) is 8.20. The number of amides is 1. The Hall–Kier alpha value is -0.993. The molecule has 1 aliphatic heterocycles. The van der Waals surface area contributed by atoms with E-state index in [1.165, 1.54) is 61.6 Å². The molecule has 1 heterocycles. The molecular formula is C18H33NO3Si. The van der Waals surface area contributed by atoms with Crippen LogP contribution in [0.2, 0.25) is 18.1 Å². The largest absolute Gasteiger partial charge is 0.447 e. The highest BCUT2D eigenvalue weighted by Gasteiger charge is 2.32. The number of nitrogens with zero attached hydrogens (tertiary/aromatic N) is 1. The van der Waals surface area contributed by atoms with Gasteiger partial charge in [-0.15, -0.1) is 0 Å². The number of cyclic esters (lactones) is 1. The molecule has 0 atom stereocenters. The zero-order chi connectivity index (χ0) is 17.0. The Labute approximate surface area is 143 Å². The lowest BCUT2D eigenvalue weighted by molar-refractivity contribution is 0.167. The first-order chi connectivity index (χ1) is 11.2. The zero-order valence-electron chi connectivity index (χ0n) is 15.2. The molecular weight excluding hydrogens is 306 g/mol. The van der Waals surface area contributed by atoms with Gasteiger partial charge in [0.1, 0.15) is 6.61 Å². The van der Waals surface area contributed by atoms with Gasteiger partial charge in [-0.1, -0.05) is 65.2 Å². The van der Waals surface area contributed by atoms with Crippen molar-refractivity contribution in [1.29, 1.82) is 0 Å². The van der Waals surface area contributed by atoms with E-state index in [9.17, 15) is 4.79 Å². The lowest BCUT2D eigenvalue weighted by Gasteiger charge is -2.31. The average Bonchev–Trinajstić information content (AvgIpc) is 2.97. The molecule has 1 fully saturated rings. The number of carbonyl (C=O) groups excluding carboxylic acids is 1. The second kappa shape index (κ2) is 11.5. The second-order valence-corrected chi connectivity index (χ2v) is 10.5. The molecule has 0 saturated carbocycles. The van der Waals surface area contributed by atoms with E-state index in [0.717, 1.165) is 0 Å². The van der Waals surface area contributed by atoms with Gasteiger partial charge in [0.15, 0.2) is 8.32 Å². The molecule has 0 aromatic heterocycles. The lowest BCUT2D eigenvalue weighted by atomic mass is 10.4. The molecule has 0 bridgehead atoms. The molecule has 5 heteroatoms. The van der Waals surface area contributed by atoms with Gasteiger partial charge < -0.3 is 9.16 Å². The highest BCUT2D eigenvalue weighted by Crippen LogP contribution is 2.29. The van der Waals surface area contributed by atoms with Gasteiger partial charge in [-0.05, 0) is 18.1 Å². The van der Waals surface area contributed by atoms with Crippen molar-refractivity contribution in [1.82, 2.24) is 4.90 Å². The first kappa shape index (κ1) is 20.1. The Balaban J connectivity index is 2.61. The molecule has 1 amide bonds. The van der Waals surface area contributed by atoms with Crippen LogP contribution in [0.1, 0.15) is 59.3 Å². The van der Waals surface area contributed by atoms with Crippen molar-refractivity contribution in [2.75, 3.05) is 19.8 Å². The number of hydrogen-bond acceptors (Lipinski definition) is 3. The van der Waals surface area contributed by atoms with Gasteiger partial charge in [0.25, 0.3) is 0 Å². The maximum absolute atomic E-state index is 11.4. The summed E-state index contributed by atoms with van der Waals surface area (Å²) in [7, 11) is -1.69. The molecule has 23 heavy (non-hydrogen) atoms. The molecule has 0 unspecified atom stereocenters. The van der Waals surface area contributed by atoms with E-state index in [4.69, 9.17) is 9.16 Å². The minimum atomic E-state index is -1.69. The SMILES string of the molecule is CCCC[Si](CCCC)(CCCC)OCC#CN1CCOC1=O. The van der Waals surface area contributed by atoms with Crippen molar-refractivity contribution >= 4 is 14.4 Å². The molecule has 0 aliphatic carbocycles. The van der Waals surface area contributed by atoms with E-state index in [0.29, 0.717) is 19.8 Å². The van der Waals surface area contributed by atoms with Crippen LogP contribution in [0, 0.1) is 12.0 Å². The molecule has 1 saturated heterocycles. The van der Waals surface area contributed by atoms with E-state index < -0.39 is 8.32 Å². The summed E-state index contributed by atoms with van der Waals surface area (Å²) >= 11 is 0. The summed E-state index contributed by atoms with van der Waals surface area (Å²) in [5.41, 5.74) is 0. The summed E-state index contributed by atoms with van der Waals surface area (Å²) < 4.78 is 11.3. The van der Waals surface area contributed by atoms with E-state index in [1.807, 2.05) is 0 Å². The summed E-state index contributed by atoms with van der Waals surface area (Å²) in [5.74, 6) is 3.03. The van der Waals surface area contributed by atoms with Crippen molar-refractivity contribution in [3.8, 4) is 12.0 Å². The van der Waals surface area contributed by atoms with Crippen LogP contribution >= 0.6 is 0 Å². The van der Waals surface area contributed by atoms with Crippen molar-refractivity contribution < 1.29 is 14.0 Å². The first-order valence-corrected chi connectivity index (χ1v) is 11.8. The van der Waals surface area contributed by atoms with Gasteiger partial charge in [-0.2, -0.15) is 0 Å². The van der Waals surface area contributed by atoms with Gasteiger partial charge in [0.2, 0.25) is 0 Å². The second-order valence-electron chi connectivity index (χ2n) is 6.34. The standard InChI is InChI=1S/C18H33NO3Si/c1-4-7-15-23(16-8-5-2,17-9-6-3)22-13-10-11-19-12-14-21-18(19)20/h4-9,12-17H2,1-3H3. The summed E-state index contributed by atoms with van der Waals surface area (Å²) in [4.78, 5) is 12.8. The summed E-state index contributed by atoms with van der Waals surface area (Å²) in [5, 5.41) is 0. The van der Waals surface area contributed by atoms with Crippen LogP contribution < -0.4 is 0 Å². The van der Waals surface area contributed by atoms with Gasteiger partial charge in [0.05, 0.1) is 13.2 Å². The predicted molar refractivity (Wildman–Crippen MR) is 96.7 cm³/mol. The van der Waals surface area contributed by atoms with Crippen molar-refractivity contribution in [2.45, 2.75) is 77.4 Å². The Morgan fingerprint density at radius 1 is 1.09 bits per heavy atom. The Morgan fingerprint density at radius 3 is 2.09 bits per heavy atom. The van der Waals surface area contributed by atoms with Crippen molar-refractivity contribution in [3.63, 3.8) is 0 Å². The van der Waals surface area contributed by atoms with Gasteiger partial charge in [-0.3, -0.25) is 0 Å². The quantitative estimate of drug-likeness (QED) is 0.402. The minimum absolute atomic E-state index is 0.330. The molecule has 132 valence electrons. The molecule has 1 aliphatic rings. The van der Waals surface area contributed by atoms with E-state index in [2.05, 4.69) is 32.7 Å². The highest BCUT2D eigenvalue weighted by molar-refractivity contribution is 6.73. The maximum atomic E-state index is 11.4. The van der Waals surface area contributed by atoms with Crippen molar-refractivity contribution in [2.24, 2.45) is 0 Å². The number of rotatable bonds is 11. The molecule has 0 radical (unpaired) electrons. The molecule has 1 rings (SSSR count). The molecule has 0 aromatic carbocycles. The number of hydrogen-bond donors (Lipinski definition) is 0. The molecule has 4 nitrogen and oxygen atoms in total. The van der Waals surface area contributed by atoms with Crippen LogP contribution in [0.15, 0.2) is 0 Å². The third-order valence-corrected chi connectivity index (χ3v) is 8.93. The minimum Gasteiger partial charge on any atom is -0.447 e. The zero-order valence-corrected chi connectivity index (χ0v) is 16.2. The fourth-order valence-corrected chi connectivity index (χ4v) is 7.46. The monoisotopic (exact) mass is 339 g/mol. The Morgan fingerprint density at radius 2 is 1.65 bits per heavy atom. The maximum Gasteiger partial charge on any atom is 0.421 e. The van der Waals surface area contributed by atoms with Crippen LogP contribution in [0.5, 0.6) is 0 Å². The fraction of sp³-hybridized carbons (Fsp3) is 0.833. The Kier molecular flexibility index (Phi) is 10.1. The Bertz CT molecular complexity index is 381. The number of carbonyl (C=O) groups is 1. The van der Waals surface area contributed by atoms with Gasteiger partial charge in [0, 0.05) is 6.04 Å². The summed E-state index contributed by atoms with van der Waals surface area (Å²) in [6.07, 6.45) is 7.11. The third kappa shape index (κ3) is 7.41. The molecule has 0 N–H and O–H groups in total. The van der Waals surface area contributed by atoms with Crippen LogP contribution in [-0.2, 0) is 9.16 Å². The van der Waals surface area contributed by atoms with E-state index in [-0.39, 0.29) is 6.09 Å². The number of unbranched alkanes of at least 4 members (excludes halogenated alkanes) is 3. The first-order valence-electron chi connectivity index (χ1n) is 9.24. The average molecular weight is 340 g/mol. The van der Waals surface area contributed by atoms with Gasteiger partial charge in [-0.25, -0.2) is 9.69 Å². The molecule has 0 aromatic rings. The number of ether oxygens (including phenoxy) is 1. The van der Waals surface area contributed by atoms with E-state index >= 15 is 0 Å². The highest BCUT2D eigenvalue weighted by atomic mass is 28.4. The fourth-order valence-electron chi connectivity index (χ4n) is 2.90. The predicted octanol–water partition coefficient (Wildman–Crippen LogP) is 4.76. The third-order valence-electron chi connectivity index (χ3n) is 4.38. The van der Waals surface area contributed by atoms with Crippen LogP contribution in [0.25, 0.3) is 0 Å². The summed E-state index contributed by atoms with van der Waals surface area (Å²) in [6, 6.07) is 6.62. The van der Waals surface area contributed by atoms with Gasteiger partial charge >= 0.3 is 6.09 Å². The van der Waals surface area contributed by atoms with Crippen molar-refractivity contribution in [3.05, 3.63) is 0 Å². The van der Waals surface area contributed by atoms with Crippen LogP contribution in [0.4, 0.5) is 4.79 Å². The van der Waals surface area contributed by atoms with Crippen LogP contribution in [0.3, 0.4) is 0 Å². The van der Waals surface area contributed by atoms with E-state index in [1.54, 1.807) is 0 Å². The topological polar surface area (TPSA) is 38.8 Å².